The smallest absolute Gasteiger partial charge is 0.222 e. The summed E-state index contributed by atoms with van der Waals surface area (Å²) in [6.07, 6.45) is 5.02. The number of rotatable bonds is 5. The Labute approximate surface area is 175 Å². The molecule has 1 unspecified atom stereocenters. The molecule has 0 spiro atoms. The molecule has 3 rings (SSSR count). The predicted octanol–water partition coefficient (Wildman–Crippen LogP) is 2.59. The lowest BCUT2D eigenvalue weighted by Crippen LogP contribution is -2.50. The van der Waals surface area contributed by atoms with E-state index in [1.807, 2.05) is 30.3 Å². The Hall–Kier alpha value is -0.850. The molecule has 0 aromatic heterocycles. The molecule has 0 radical (unpaired) electrons. The van der Waals surface area contributed by atoms with Gasteiger partial charge in [0.05, 0.1) is 0 Å². The quantitative estimate of drug-likeness (QED) is 0.773. The van der Waals surface area contributed by atoms with Crippen molar-refractivity contribution >= 4 is 30.7 Å². The van der Waals surface area contributed by atoms with Gasteiger partial charge in [0.2, 0.25) is 5.91 Å². The van der Waals surface area contributed by atoms with E-state index >= 15 is 0 Å². The zero-order chi connectivity index (χ0) is 17.6. The van der Waals surface area contributed by atoms with Gasteiger partial charge in [-0.1, -0.05) is 30.3 Å². The van der Waals surface area contributed by atoms with Gasteiger partial charge in [-0.05, 0) is 51.4 Å². The first-order chi connectivity index (χ1) is 12.1. The number of hydrogen-bond donors (Lipinski definition) is 2. The highest BCUT2D eigenvalue weighted by molar-refractivity contribution is 5.85. The molecule has 1 aromatic rings. The van der Waals surface area contributed by atoms with Crippen LogP contribution in [0.5, 0.6) is 0 Å². The number of carbonyl (C=O) groups excluding carboxylic acids is 1. The molecule has 0 aliphatic carbocycles. The molecule has 2 heterocycles. The minimum atomic E-state index is -0.222. The van der Waals surface area contributed by atoms with Crippen LogP contribution >= 0.6 is 24.8 Å². The van der Waals surface area contributed by atoms with Gasteiger partial charge >= 0.3 is 0 Å². The minimum absolute atomic E-state index is 0. The molecule has 1 atom stereocenters. The van der Waals surface area contributed by atoms with Gasteiger partial charge in [0.15, 0.2) is 0 Å². The molecule has 2 aliphatic rings. The van der Waals surface area contributed by atoms with Gasteiger partial charge in [0.1, 0.15) is 0 Å². The highest BCUT2D eigenvalue weighted by Crippen LogP contribution is 2.21. The van der Waals surface area contributed by atoms with Crippen LogP contribution in [0.3, 0.4) is 0 Å². The normalized spacial score (nSPS) is 21.0. The lowest BCUT2D eigenvalue weighted by molar-refractivity contribution is -0.122. The monoisotopic (exact) mass is 416 g/mol. The fourth-order valence-electron chi connectivity index (χ4n) is 4.07. The first kappa shape index (κ1) is 24.2. The van der Waals surface area contributed by atoms with Gasteiger partial charge in [-0.2, -0.15) is 0 Å². The molecule has 2 aliphatic heterocycles. The number of likely N-dealkylation sites (tertiary alicyclic amines) is 2. The van der Waals surface area contributed by atoms with Crippen LogP contribution in [0.2, 0.25) is 0 Å². The number of carbonyl (C=O) groups is 1. The van der Waals surface area contributed by atoms with E-state index in [0.29, 0.717) is 12.5 Å². The van der Waals surface area contributed by atoms with Crippen molar-refractivity contribution in [2.75, 3.05) is 33.2 Å². The zero-order valence-corrected chi connectivity index (χ0v) is 17.8. The Morgan fingerprint density at radius 2 is 1.67 bits per heavy atom. The summed E-state index contributed by atoms with van der Waals surface area (Å²) in [5.41, 5.74) is 7.18. The second-order valence-electron chi connectivity index (χ2n) is 7.63. The second-order valence-corrected chi connectivity index (χ2v) is 7.63. The Kier molecular flexibility index (Phi) is 10.6. The number of halogens is 2. The molecule has 2 saturated heterocycles. The number of amides is 1. The van der Waals surface area contributed by atoms with Crippen LogP contribution in [0.1, 0.15) is 43.7 Å². The molecule has 1 aromatic carbocycles. The second kappa shape index (κ2) is 11.9. The zero-order valence-electron chi connectivity index (χ0n) is 16.2. The van der Waals surface area contributed by atoms with Crippen LogP contribution in [0.4, 0.5) is 0 Å². The van der Waals surface area contributed by atoms with Crippen molar-refractivity contribution in [2.45, 2.75) is 50.2 Å². The van der Waals surface area contributed by atoms with Crippen molar-refractivity contribution in [3.63, 3.8) is 0 Å². The highest BCUT2D eigenvalue weighted by atomic mass is 35.5. The number of nitrogens with zero attached hydrogens (tertiary/aromatic N) is 2. The maximum atomic E-state index is 12.3. The lowest BCUT2D eigenvalue weighted by atomic mass is 9.97. The van der Waals surface area contributed by atoms with Gasteiger partial charge in [0.25, 0.3) is 0 Å². The average Bonchev–Trinajstić information content (AvgIpc) is 2.64. The summed E-state index contributed by atoms with van der Waals surface area (Å²) in [4.78, 5) is 17.4. The molecule has 3 N–H and O–H groups in total. The maximum Gasteiger partial charge on any atom is 0.222 e. The number of piperidine rings is 2. The van der Waals surface area contributed by atoms with E-state index in [2.05, 4.69) is 22.2 Å². The third-order valence-electron chi connectivity index (χ3n) is 5.73. The van der Waals surface area contributed by atoms with Gasteiger partial charge < -0.3 is 20.9 Å². The van der Waals surface area contributed by atoms with Gasteiger partial charge in [0, 0.05) is 37.6 Å². The molecule has 2 fully saturated rings. The standard InChI is InChI=1S/C20H32N4O.2ClH/c1-23-11-9-18(10-12-23)24-13-7-17(8-14-24)22-20(25)15-19(21)16-5-3-2-4-6-16;;/h2-6,17-19H,7-15,21H2,1H3,(H,22,25);2*1H. The topological polar surface area (TPSA) is 61.6 Å². The van der Waals surface area contributed by atoms with Crippen LogP contribution in [0.15, 0.2) is 30.3 Å². The van der Waals surface area contributed by atoms with Crippen LogP contribution in [-0.2, 0) is 4.79 Å². The van der Waals surface area contributed by atoms with E-state index in [-0.39, 0.29) is 36.8 Å². The minimum Gasteiger partial charge on any atom is -0.353 e. The summed E-state index contributed by atoms with van der Waals surface area (Å²) in [5, 5.41) is 3.20. The number of benzene rings is 1. The summed E-state index contributed by atoms with van der Waals surface area (Å²) in [6.45, 7) is 4.62. The number of hydrogen-bond acceptors (Lipinski definition) is 4. The van der Waals surface area contributed by atoms with Gasteiger partial charge in [-0.25, -0.2) is 0 Å². The van der Waals surface area contributed by atoms with E-state index in [4.69, 9.17) is 5.73 Å². The summed E-state index contributed by atoms with van der Waals surface area (Å²) in [6, 6.07) is 10.7. The molecule has 0 bridgehead atoms. The highest BCUT2D eigenvalue weighted by Gasteiger charge is 2.28. The van der Waals surface area contributed by atoms with Crippen LogP contribution in [0, 0.1) is 0 Å². The summed E-state index contributed by atoms with van der Waals surface area (Å²) in [5.74, 6) is 0.0779. The summed E-state index contributed by atoms with van der Waals surface area (Å²) < 4.78 is 0. The average molecular weight is 417 g/mol. The van der Waals surface area contributed by atoms with Crippen molar-refractivity contribution in [3.05, 3.63) is 35.9 Å². The lowest BCUT2D eigenvalue weighted by Gasteiger charge is -2.41. The fraction of sp³-hybridized carbons (Fsp3) is 0.650. The molecule has 154 valence electrons. The molecule has 7 heteroatoms. The largest absolute Gasteiger partial charge is 0.353 e. The van der Waals surface area contributed by atoms with E-state index in [0.717, 1.165) is 37.5 Å². The number of nitrogens with two attached hydrogens (primary N) is 1. The molecule has 5 nitrogen and oxygen atoms in total. The van der Waals surface area contributed by atoms with E-state index in [1.54, 1.807) is 0 Å². The third kappa shape index (κ3) is 7.24. The molecule has 1 amide bonds. The maximum absolute atomic E-state index is 12.3. The predicted molar refractivity (Wildman–Crippen MR) is 116 cm³/mol. The molecular weight excluding hydrogens is 383 g/mol. The van der Waals surface area contributed by atoms with Crippen LogP contribution in [0.25, 0.3) is 0 Å². The molecule has 0 saturated carbocycles. The number of nitrogens with one attached hydrogen (secondary N) is 1. The van der Waals surface area contributed by atoms with E-state index in [9.17, 15) is 4.79 Å². The van der Waals surface area contributed by atoms with Crippen LogP contribution < -0.4 is 11.1 Å². The fourth-order valence-corrected chi connectivity index (χ4v) is 4.07. The van der Waals surface area contributed by atoms with Crippen molar-refractivity contribution in [2.24, 2.45) is 5.73 Å². The van der Waals surface area contributed by atoms with Crippen molar-refractivity contribution < 1.29 is 4.79 Å². The van der Waals surface area contributed by atoms with Gasteiger partial charge in [-0.3, -0.25) is 4.79 Å². The van der Waals surface area contributed by atoms with Crippen molar-refractivity contribution in [1.82, 2.24) is 15.1 Å². The summed E-state index contributed by atoms with van der Waals surface area (Å²) >= 11 is 0. The van der Waals surface area contributed by atoms with E-state index < -0.39 is 0 Å². The third-order valence-corrected chi connectivity index (χ3v) is 5.73. The van der Waals surface area contributed by atoms with Crippen molar-refractivity contribution in [1.29, 1.82) is 0 Å². The molecular formula is C20H34Cl2N4O. The van der Waals surface area contributed by atoms with E-state index in [1.165, 1.54) is 25.9 Å². The van der Waals surface area contributed by atoms with Crippen LogP contribution in [-0.4, -0.2) is 61.0 Å². The van der Waals surface area contributed by atoms with Crippen molar-refractivity contribution in [3.8, 4) is 0 Å². The van der Waals surface area contributed by atoms with Gasteiger partial charge in [-0.15, -0.1) is 24.8 Å². The first-order valence-electron chi connectivity index (χ1n) is 9.64. The Morgan fingerprint density at radius 3 is 2.26 bits per heavy atom. The Bertz CT molecular complexity index is 544. The first-order valence-corrected chi connectivity index (χ1v) is 9.64. The molecule has 27 heavy (non-hydrogen) atoms. The Balaban J connectivity index is 0.00000182. The summed E-state index contributed by atoms with van der Waals surface area (Å²) in [7, 11) is 2.21. The Morgan fingerprint density at radius 1 is 1.07 bits per heavy atom. The SMILES string of the molecule is CN1CCC(N2CCC(NC(=O)CC(N)c3ccccc3)CC2)CC1.Cl.Cl.